The molecule has 1 N–H and O–H groups in total. The van der Waals surface area contributed by atoms with Crippen LogP contribution in [0.3, 0.4) is 0 Å². The predicted octanol–water partition coefficient (Wildman–Crippen LogP) is 3.72. The summed E-state index contributed by atoms with van der Waals surface area (Å²) >= 11 is 3.53. The maximum absolute atomic E-state index is 10.1. The summed E-state index contributed by atoms with van der Waals surface area (Å²) in [6.07, 6.45) is 3.32. The summed E-state index contributed by atoms with van der Waals surface area (Å²) in [4.78, 5) is 0. The lowest BCUT2D eigenvalue weighted by Crippen LogP contribution is -2.12. The average Bonchev–Trinajstić information content (AvgIpc) is 2.74. The van der Waals surface area contributed by atoms with Gasteiger partial charge >= 0.3 is 0 Å². The lowest BCUT2D eigenvalue weighted by atomic mass is 9.98. The zero-order valence-electron chi connectivity index (χ0n) is 11.1. The van der Waals surface area contributed by atoms with Gasteiger partial charge in [0.05, 0.1) is 12.7 Å². The van der Waals surface area contributed by atoms with Crippen molar-refractivity contribution in [3.63, 3.8) is 0 Å². The lowest BCUT2D eigenvalue weighted by Gasteiger charge is -2.15. The maximum Gasteiger partial charge on any atom is 0.125 e. The standard InChI is InChI=1S/C15H21BrO2/c1-10(2)3-4-14(17)9-12-8-13(16)7-11-5-6-18-15(11)12/h7-8,10,14,17H,3-6,9H2,1-2H3. The molecule has 2 nitrogen and oxygen atoms in total. The van der Waals surface area contributed by atoms with Crippen LogP contribution in [0.25, 0.3) is 0 Å². The zero-order valence-corrected chi connectivity index (χ0v) is 12.7. The molecular formula is C15H21BrO2. The Bertz CT molecular complexity index is 415. The SMILES string of the molecule is CC(C)CCC(O)Cc1cc(Br)cc2c1OCC2. The minimum Gasteiger partial charge on any atom is -0.493 e. The summed E-state index contributed by atoms with van der Waals surface area (Å²) in [6.45, 7) is 5.14. The minimum atomic E-state index is -0.269. The summed E-state index contributed by atoms with van der Waals surface area (Å²) in [5.74, 6) is 1.64. The molecule has 1 aliphatic rings. The molecule has 0 radical (unpaired) electrons. The monoisotopic (exact) mass is 312 g/mol. The van der Waals surface area contributed by atoms with Crippen molar-refractivity contribution in [3.05, 3.63) is 27.7 Å². The third-order valence-corrected chi connectivity index (χ3v) is 3.82. The Morgan fingerprint density at radius 2 is 2.11 bits per heavy atom. The van der Waals surface area contributed by atoms with Crippen molar-refractivity contribution in [2.75, 3.05) is 6.61 Å². The number of fused-ring (bicyclic) bond motifs is 1. The number of rotatable bonds is 5. The van der Waals surface area contributed by atoms with Crippen molar-refractivity contribution in [2.24, 2.45) is 5.92 Å². The van der Waals surface area contributed by atoms with Crippen molar-refractivity contribution >= 4 is 15.9 Å². The second-order valence-corrected chi connectivity index (χ2v) is 6.40. The molecule has 1 aromatic rings. The van der Waals surface area contributed by atoms with E-state index in [9.17, 15) is 5.11 Å². The number of benzene rings is 1. The van der Waals surface area contributed by atoms with E-state index in [-0.39, 0.29) is 6.10 Å². The Hall–Kier alpha value is -0.540. The Balaban J connectivity index is 2.05. The number of halogens is 1. The Morgan fingerprint density at radius 1 is 1.33 bits per heavy atom. The van der Waals surface area contributed by atoms with Crippen LogP contribution in [0, 0.1) is 5.92 Å². The molecule has 1 aromatic carbocycles. The van der Waals surface area contributed by atoms with Gasteiger partial charge in [0, 0.05) is 17.3 Å². The Labute approximate surface area is 117 Å². The van der Waals surface area contributed by atoms with Gasteiger partial charge in [-0.15, -0.1) is 0 Å². The molecule has 0 saturated carbocycles. The van der Waals surface area contributed by atoms with E-state index in [0.717, 1.165) is 41.7 Å². The van der Waals surface area contributed by atoms with E-state index < -0.39 is 0 Å². The van der Waals surface area contributed by atoms with Gasteiger partial charge in [-0.3, -0.25) is 0 Å². The molecule has 100 valence electrons. The van der Waals surface area contributed by atoms with Crippen molar-refractivity contribution in [3.8, 4) is 5.75 Å². The summed E-state index contributed by atoms with van der Waals surface area (Å²) in [7, 11) is 0. The topological polar surface area (TPSA) is 29.5 Å². The van der Waals surface area contributed by atoms with Gasteiger partial charge in [0.1, 0.15) is 5.75 Å². The number of aliphatic hydroxyl groups is 1. The molecule has 0 saturated heterocycles. The van der Waals surface area contributed by atoms with Crippen molar-refractivity contribution < 1.29 is 9.84 Å². The second kappa shape index (κ2) is 6.07. The average molecular weight is 313 g/mol. The molecule has 1 atom stereocenters. The zero-order chi connectivity index (χ0) is 13.1. The van der Waals surface area contributed by atoms with E-state index in [1.165, 1.54) is 5.56 Å². The fraction of sp³-hybridized carbons (Fsp3) is 0.600. The van der Waals surface area contributed by atoms with Gasteiger partial charge in [-0.2, -0.15) is 0 Å². The van der Waals surface area contributed by atoms with E-state index in [4.69, 9.17) is 4.74 Å². The lowest BCUT2D eigenvalue weighted by molar-refractivity contribution is 0.156. The molecule has 0 aliphatic carbocycles. The summed E-state index contributed by atoms with van der Waals surface area (Å²) in [6, 6.07) is 4.19. The maximum atomic E-state index is 10.1. The van der Waals surface area contributed by atoms with Crippen LogP contribution in [0.5, 0.6) is 5.75 Å². The summed E-state index contributed by atoms with van der Waals surface area (Å²) in [5, 5.41) is 10.1. The van der Waals surface area contributed by atoms with Crippen molar-refractivity contribution in [2.45, 2.75) is 45.6 Å². The van der Waals surface area contributed by atoms with E-state index >= 15 is 0 Å². The highest BCUT2D eigenvalue weighted by Gasteiger charge is 2.19. The molecule has 3 heteroatoms. The molecule has 1 aliphatic heterocycles. The molecule has 2 rings (SSSR count). The van der Waals surface area contributed by atoms with Crippen LogP contribution in [-0.4, -0.2) is 17.8 Å². The molecule has 0 fully saturated rings. The first-order valence-corrected chi connectivity index (χ1v) is 7.47. The predicted molar refractivity (Wildman–Crippen MR) is 77.1 cm³/mol. The first kappa shape index (κ1) is 13.9. The highest BCUT2D eigenvalue weighted by atomic mass is 79.9. The van der Waals surface area contributed by atoms with E-state index in [0.29, 0.717) is 12.3 Å². The fourth-order valence-corrected chi connectivity index (χ4v) is 2.93. The van der Waals surface area contributed by atoms with Crippen LogP contribution < -0.4 is 4.74 Å². The highest BCUT2D eigenvalue weighted by Crippen LogP contribution is 2.34. The minimum absolute atomic E-state index is 0.269. The van der Waals surface area contributed by atoms with Crippen LogP contribution >= 0.6 is 15.9 Å². The van der Waals surface area contributed by atoms with Gasteiger partial charge in [-0.1, -0.05) is 29.8 Å². The third-order valence-electron chi connectivity index (χ3n) is 3.36. The van der Waals surface area contributed by atoms with Crippen molar-refractivity contribution in [1.29, 1.82) is 0 Å². The van der Waals surface area contributed by atoms with Gasteiger partial charge in [-0.05, 0) is 42.0 Å². The normalized spacial score (nSPS) is 15.6. The van der Waals surface area contributed by atoms with Gasteiger partial charge in [-0.25, -0.2) is 0 Å². The Kier molecular flexibility index (Phi) is 4.68. The van der Waals surface area contributed by atoms with E-state index in [2.05, 4.69) is 41.9 Å². The first-order valence-electron chi connectivity index (χ1n) is 6.68. The molecule has 0 aromatic heterocycles. The van der Waals surface area contributed by atoms with Crippen LogP contribution in [0.15, 0.2) is 16.6 Å². The third kappa shape index (κ3) is 3.48. The number of aliphatic hydroxyl groups excluding tert-OH is 1. The summed E-state index contributed by atoms with van der Waals surface area (Å²) < 4.78 is 6.76. The largest absolute Gasteiger partial charge is 0.493 e. The summed E-state index contributed by atoms with van der Waals surface area (Å²) in [5.41, 5.74) is 2.39. The Morgan fingerprint density at radius 3 is 2.83 bits per heavy atom. The van der Waals surface area contributed by atoms with Crippen LogP contribution in [0.1, 0.15) is 37.8 Å². The van der Waals surface area contributed by atoms with Gasteiger partial charge in [0.15, 0.2) is 0 Å². The molecule has 1 unspecified atom stereocenters. The number of ether oxygens (including phenoxy) is 1. The van der Waals surface area contributed by atoms with Gasteiger partial charge in [0.25, 0.3) is 0 Å². The van der Waals surface area contributed by atoms with Crippen LogP contribution in [0.2, 0.25) is 0 Å². The quantitative estimate of drug-likeness (QED) is 0.897. The molecular weight excluding hydrogens is 292 g/mol. The van der Waals surface area contributed by atoms with E-state index in [1.54, 1.807) is 0 Å². The number of hydrogen-bond acceptors (Lipinski definition) is 2. The van der Waals surface area contributed by atoms with Gasteiger partial charge < -0.3 is 9.84 Å². The molecule has 18 heavy (non-hydrogen) atoms. The molecule has 1 heterocycles. The fourth-order valence-electron chi connectivity index (χ4n) is 2.38. The van der Waals surface area contributed by atoms with Crippen LogP contribution in [-0.2, 0) is 12.8 Å². The highest BCUT2D eigenvalue weighted by molar-refractivity contribution is 9.10. The molecule has 0 spiro atoms. The second-order valence-electron chi connectivity index (χ2n) is 5.48. The molecule has 0 amide bonds. The molecule has 0 bridgehead atoms. The smallest absolute Gasteiger partial charge is 0.125 e. The van der Waals surface area contributed by atoms with E-state index in [1.807, 2.05) is 0 Å². The van der Waals surface area contributed by atoms with Gasteiger partial charge in [0.2, 0.25) is 0 Å². The van der Waals surface area contributed by atoms with Crippen molar-refractivity contribution in [1.82, 2.24) is 0 Å². The first-order chi connectivity index (χ1) is 8.56. The number of hydrogen-bond donors (Lipinski definition) is 1. The van der Waals surface area contributed by atoms with Crippen LogP contribution in [0.4, 0.5) is 0 Å².